The van der Waals surface area contributed by atoms with Gasteiger partial charge in [-0.25, -0.2) is 0 Å². The van der Waals surface area contributed by atoms with Crippen LogP contribution in [-0.4, -0.2) is 16.9 Å². The Morgan fingerprint density at radius 1 is 1.12 bits per heavy atom. The Balaban J connectivity index is 1.52. The molecule has 1 aliphatic carbocycles. The number of hydrogen-bond donors (Lipinski definition) is 0. The molecule has 4 rings (SSSR count). The summed E-state index contributed by atoms with van der Waals surface area (Å²) in [5.41, 5.74) is 2.20. The van der Waals surface area contributed by atoms with Gasteiger partial charge in [0.25, 0.3) is 5.91 Å². The molecule has 1 saturated carbocycles. The molecule has 1 amide bonds. The van der Waals surface area contributed by atoms with E-state index >= 15 is 0 Å². The minimum Gasteiger partial charge on any atom is -0.481 e. The van der Waals surface area contributed by atoms with Crippen LogP contribution in [-0.2, 0) is 17.9 Å². The Morgan fingerprint density at radius 2 is 1.88 bits per heavy atom. The van der Waals surface area contributed by atoms with Crippen molar-refractivity contribution in [3.05, 3.63) is 77.1 Å². The molecule has 32 heavy (non-hydrogen) atoms. The Hall–Kier alpha value is -2.95. The lowest BCUT2D eigenvalue weighted by atomic mass is 10.0. The summed E-state index contributed by atoms with van der Waals surface area (Å²) in [6.45, 7) is 11.1. The maximum Gasteiger partial charge on any atom is 0.264 e. The van der Waals surface area contributed by atoms with Crippen molar-refractivity contribution in [2.75, 3.05) is 0 Å². The number of ether oxygens (including phenoxy) is 1. The molecule has 0 spiro atoms. The third kappa shape index (κ3) is 5.09. The number of rotatable bonds is 9. The van der Waals surface area contributed by atoms with Crippen LogP contribution in [0, 0.1) is 12.8 Å². The number of carbonyl (C=O) groups excluding carboxylic acids is 1. The van der Waals surface area contributed by atoms with Gasteiger partial charge in [0.1, 0.15) is 23.0 Å². The molecule has 2 heterocycles. The van der Waals surface area contributed by atoms with Gasteiger partial charge in [-0.3, -0.25) is 4.79 Å². The first kappa shape index (κ1) is 22.3. The Kier molecular flexibility index (Phi) is 6.45. The first-order chi connectivity index (χ1) is 15.3. The standard InChI is InChI=1S/C27H33NO4/c1-17(2)23-10-8-18(3)13-26(23)31-20(5)27(29)28(15-21-7-6-12-30-21)16-22-9-11-25(32-22)24-14-19(24)4/h6-13,17,19-20,24H,14-16H2,1-5H3. The van der Waals surface area contributed by atoms with E-state index in [9.17, 15) is 4.79 Å². The summed E-state index contributed by atoms with van der Waals surface area (Å²) in [7, 11) is 0. The maximum atomic E-state index is 13.5. The van der Waals surface area contributed by atoms with E-state index in [2.05, 4.69) is 32.9 Å². The third-order valence-corrected chi connectivity index (χ3v) is 6.19. The van der Waals surface area contributed by atoms with Crippen LogP contribution in [0.15, 0.2) is 57.6 Å². The van der Waals surface area contributed by atoms with E-state index in [0.29, 0.717) is 30.8 Å². The van der Waals surface area contributed by atoms with Crippen molar-refractivity contribution >= 4 is 5.91 Å². The molecule has 5 nitrogen and oxygen atoms in total. The second-order valence-corrected chi connectivity index (χ2v) is 9.35. The number of nitrogens with zero attached hydrogens (tertiary/aromatic N) is 1. The smallest absolute Gasteiger partial charge is 0.264 e. The van der Waals surface area contributed by atoms with E-state index in [1.54, 1.807) is 11.2 Å². The van der Waals surface area contributed by atoms with Crippen molar-refractivity contribution in [1.29, 1.82) is 0 Å². The lowest BCUT2D eigenvalue weighted by Gasteiger charge is -2.26. The summed E-state index contributed by atoms with van der Waals surface area (Å²) in [5.74, 6) is 4.68. The van der Waals surface area contributed by atoms with Gasteiger partial charge in [0.2, 0.25) is 0 Å². The zero-order chi connectivity index (χ0) is 22.8. The van der Waals surface area contributed by atoms with Crippen LogP contribution in [0.1, 0.15) is 74.4 Å². The lowest BCUT2D eigenvalue weighted by molar-refractivity contribution is -0.139. The Labute approximate surface area is 190 Å². The van der Waals surface area contributed by atoms with Crippen molar-refractivity contribution in [2.24, 2.45) is 5.92 Å². The predicted octanol–water partition coefficient (Wildman–Crippen LogP) is 6.42. The summed E-state index contributed by atoms with van der Waals surface area (Å²) >= 11 is 0. The SMILES string of the molecule is Cc1ccc(C(C)C)c(OC(C)C(=O)N(Cc2ccco2)Cc2ccc(C3CC3C)o2)c1. The van der Waals surface area contributed by atoms with Gasteiger partial charge in [-0.15, -0.1) is 0 Å². The fraction of sp³-hybridized carbons (Fsp3) is 0.444. The summed E-state index contributed by atoms with van der Waals surface area (Å²) in [6, 6.07) is 13.9. The molecule has 0 aliphatic heterocycles. The minimum atomic E-state index is -0.637. The highest BCUT2D eigenvalue weighted by Crippen LogP contribution is 2.47. The molecule has 5 heteroatoms. The zero-order valence-electron chi connectivity index (χ0n) is 19.6. The van der Waals surface area contributed by atoms with Gasteiger partial charge < -0.3 is 18.5 Å². The molecular weight excluding hydrogens is 402 g/mol. The molecule has 2 aromatic heterocycles. The van der Waals surface area contributed by atoms with Gasteiger partial charge in [0.15, 0.2) is 6.10 Å². The van der Waals surface area contributed by atoms with Gasteiger partial charge in [-0.1, -0.05) is 32.9 Å². The molecule has 0 saturated heterocycles. The summed E-state index contributed by atoms with van der Waals surface area (Å²) in [4.78, 5) is 15.2. The van der Waals surface area contributed by atoms with Crippen LogP contribution in [0.3, 0.4) is 0 Å². The van der Waals surface area contributed by atoms with E-state index in [-0.39, 0.29) is 5.91 Å². The highest BCUT2D eigenvalue weighted by Gasteiger charge is 2.36. The molecule has 170 valence electrons. The number of aryl methyl sites for hydroxylation is 1. The Morgan fingerprint density at radius 3 is 2.53 bits per heavy atom. The number of hydrogen-bond acceptors (Lipinski definition) is 4. The van der Waals surface area contributed by atoms with Crippen LogP contribution < -0.4 is 4.74 Å². The molecule has 3 atom stereocenters. The molecule has 0 radical (unpaired) electrons. The first-order valence-electron chi connectivity index (χ1n) is 11.5. The zero-order valence-corrected chi connectivity index (χ0v) is 19.6. The van der Waals surface area contributed by atoms with Crippen molar-refractivity contribution < 1.29 is 18.4 Å². The summed E-state index contributed by atoms with van der Waals surface area (Å²) < 4.78 is 17.8. The highest BCUT2D eigenvalue weighted by molar-refractivity contribution is 5.81. The fourth-order valence-corrected chi connectivity index (χ4v) is 4.11. The molecular formula is C27H33NO4. The molecule has 1 aromatic carbocycles. The Bertz CT molecular complexity index is 1050. The van der Waals surface area contributed by atoms with Gasteiger partial charge in [-0.05, 0) is 73.6 Å². The summed E-state index contributed by atoms with van der Waals surface area (Å²) in [6.07, 6.45) is 2.16. The van der Waals surface area contributed by atoms with Crippen LogP contribution >= 0.6 is 0 Å². The predicted molar refractivity (Wildman–Crippen MR) is 124 cm³/mol. The van der Waals surface area contributed by atoms with Crippen LogP contribution in [0.25, 0.3) is 0 Å². The van der Waals surface area contributed by atoms with Crippen molar-refractivity contribution in [2.45, 2.75) is 72.1 Å². The van der Waals surface area contributed by atoms with Crippen LogP contribution in [0.5, 0.6) is 5.75 Å². The average molecular weight is 436 g/mol. The monoisotopic (exact) mass is 435 g/mol. The van der Waals surface area contributed by atoms with E-state index in [1.807, 2.05) is 44.2 Å². The topological polar surface area (TPSA) is 55.8 Å². The number of carbonyl (C=O) groups is 1. The fourth-order valence-electron chi connectivity index (χ4n) is 4.11. The average Bonchev–Trinajstić information content (AvgIpc) is 3.12. The molecule has 3 unspecified atom stereocenters. The normalized spacial score (nSPS) is 18.6. The number of furan rings is 2. The minimum absolute atomic E-state index is 0.102. The van der Waals surface area contributed by atoms with Gasteiger partial charge >= 0.3 is 0 Å². The molecule has 3 aromatic rings. The van der Waals surface area contributed by atoms with Crippen molar-refractivity contribution in [3.8, 4) is 5.75 Å². The maximum absolute atomic E-state index is 13.5. The second-order valence-electron chi connectivity index (χ2n) is 9.35. The van der Waals surface area contributed by atoms with Crippen LogP contribution in [0.4, 0.5) is 0 Å². The van der Waals surface area contributed by atoms with Crippen LogP contribution in [0.2, 0.25) is 0 Å². The van der Waals surface area contributed by atoms with E-state index in [4.69, 9.17) is 13.6 Å². The largest absolute Gasteiger partial charge is 0.481 e. The highest BCUT2D eigenvalue weighted by atomic mass is 16.5. The molecule has 1 aliphatic rings. The quantitative estimate of drug-likeness (QED) is 0.389. The third-order valence-electron chi connectivity index (χ3n) is 6.19. The number of benzene rings is 1. The van der Waals surface area contributed by atoms with Gasteiger partial charge in [0, 0.05) is 5.92 Å². The molecule has 1 fully saturated rings. The van der Waals surface area contributed by atoms with Crippen molar-refractivity contribution in [3.63, 3.8) is 0 Å². The van der Waals surface area contributed by atoms with E-state index in [1.165, 1.54) is 6.42 Å². The van der Waals surface area contributed by atoms with E-state index < -0.39 is 6.10 Å². The van der Waals surface area contributed by atoms with Gasteiger partial charge in [0.05, 0.1) is 19.4 Å². The second kappa shape index (κ2) is 9.27. The molecule has 0 bridgehead atoms. The lowest BCUT2D eigenvalue weighted by Crippen LogP contribution is -2.39. The molecule has 0 N–H and O–H groups in total. The van der Waals surface area contributed by atoms with E-state index in [0.717, 1.165) is 34.2 Å². The van der Waals surface area contributed by atoms with Gasteiger partial charge in [-0.2, -0.15) is 0 Å². The van der Waals surface area contributed by atoms with Crippen molar-refractivity contribution in [1.82, 2.24) is 4.90 Å². The number of amides is 1. The first-order valence-corrected chi connectivity index (χ1v) is 11.5. The summed E-state index contributed by atoms with van der Waals surface area (Å²) in [5, 5.41) is 0.